The fourth-order valence-corrected chi connectivity index (χ4v) is 3.91. The summed E-state index contributed by atoms with van der Waals surface area (Å²) in [6, 6.07) is 15.9. The van der Waals surface area contributed by atoms with Crippen LogP contribution in [-0.4, -0.2) is 37.5 Å². The Balaban J connectivity index is 1.70. The Bertz CT molecular complexity index is 765. The second-order valence-corrected chi connectivity index (χ2v) is 7.42. The molecule has 1 saturated heterocycles. The largest absolute Gasteiger partial charge is 0.370 e. The van der Waals surface area contributed by atoms with Gasteiger partial charge in [0.25, 0.3) is 0 Å². The van der Waals surface area contributed by atoms with Crippen LogP contribution in [0.4, 0.5) is 10.1 Å². The smallest absolute Gasteiger partial charge is 0.171 e. The molecule has 0 saturated carbocycles. The van der Waals surface area contributed by atoms with E-state index in [9.17, 15) is 4.39 Å². The Morgan fingerprint density at radius 3 is 2.52 bits per heavy atom. The number of anilines is 1. The number of quaternary nitrogens is 1. The number of halogens is 1. The molecular formula is C21H27FN3OS+. The lowest BCUT2D eigenvalue weighted by atomic mass is 9.98. The highest BCUT2D eigenvalue weighted by Gasteiger charge is 2.31. The van der Waals surface area contributed by atoms with Crippen LogP contribution < -0.4 is 15.5 Å². The van der Waals surface area contributed by atoms with Crippen LogP contribution in [0.2, 0.25) is 0 Å². The number of hydrogen-bond acceptors (Lipinski definition) is 2. The second-order valence-electron chi connectivity index (χ2n) is 7.01. The van der Waals surface area contributed by atoms with Crippen LogP contribution in [0.15, 0.2) is 48.5 Å². The standard InChI is InChI=1S/C21H26FN3OS/c1-15-8-9-18(14-19(15)22)24-21(27)23-16(2)20(17-6-4-3-5-7-17)25-10-12-26-13-11-25/h3-9,14,16,20H,10-13H2,1-2H3,(H2,23,24,27)/p+1/t16-,20-/m1/s1. The minimum Gasteiger partial charge on any atom is -0.370 e. The van der Waals surface area contributed by atoms with Gasteiger partial charge in [-0.05, 0) is 43.8 Å². The van der Waals surface area contributed by atoms with Gasteiger partial charge in [0.15, 0.2) is 5.11 Å². The molecule has 0 unspecified atom stereocenters. The molecule has 0 aromatic heterocycles. The van der Waals surface area contributed by atoms with Gasteiger partial charge in [-0.15, -0.1) is 0 Å². The van der Waals surface area contributed by atoms with Crippen LogP contribution in [0.5, 0.6) is 0 Å². The van der Waals surface area contributed by atoms with Gasteiger partial charge in [-0.2, -0.15) is 0 Å². The minimum absolute atomic E-state index is 0.107. The molecule has 1 aliphatic rings. The lowest BCUT2D eigenvalue weighted by Gasteiger charge is -2.35. The van der Waals surface area contributed by atoms with E-state index in [-0.39, 0.29) is 17.9 Å². The zero-order valence-corrected chi connectivity index (χ0v) is 16.6. The summed E-state index contributed by atoms with van der Waals surface area (Å²) < 4.78 is 19.3. The number of aryl methyl sites for hydroxylation is 1. The van der Waals surface area contributed by atoms with Crippen LogP contribution in [-0.2, 0) is 4.74 Å². The first-order chi connectivity index (χ1) is 13.0. The van der Waals surface area contributed by atoms with E-state index < -0.39 is 0 Å². The van der Waals surface area contributed by atoms with Crippen molar-refractivity contribution in [2.24, 2.45) is 0 Å². The van der Waals surface area contributed by atoms with Crippen molar-refractivity contribution in [2.75, 3.05) is 31.6 Å². The first-order valence-corrected chi connectivity index (χ1v) is 9.76. The van der Waals surface area contributed by atoms with E-state index in [1.165, 1.54) is 16.5 Å². The number of ether oxygens (including phenoxy) is 1. The number of thiocarbonyl (C=S) groups is 1. The number of nitrogens with one attached hydrogen (secondary N) is 3. The van der Waals surface area contributed by atoms with Gasteiger partial charge in [-0.25, -0.2) is 4.39 Å². The maximum Gasteiger partial charge on any atom is 0.171 e. The van der Waals surface area contributed by atoms with Gasteiger partial charge >= 0.3 is 0 Å². The quantitative estimate of drug-likeness (QED) is 0.688. The first kappa shape index (κ1) is 19.7. The highest BCUT2D eigenvalue weighted by molar-refractivity contribution is 7.80. The lowest BCUT2D eigenvalue weighted by molar-refractivity contribution is -0.940. The van der Waals surface area contributed by atoms with Crippen LogP contribution in [0.1, 0.15) is 24.1 Å². The van der Waals surface area contributed by atoms with Gasteiger partial charge < -0.3 is 20.3 Å². The Kier molecular flexibility index (Phi) is 6.77. The van der Waals surface area contributed by atoms with Crippen molar-refractivity contribution in [3.05, 3.63) is 65.5 Å². The van der Waals surface area contributed by atoms with Crippen LogP contribution in [0.25, 0.3) is 0 Å². The van der Waals surface area contributed by atoms with E-state index in [1.54, 1.807) is 13.0 Å². The van der Waals surface area contributed by atoms with E-state index in [0.29, 0.717) is 16.4 Å². The van der Waals surface area contributed by atoms with Crippen LogP contribution in [0, 0.1) is 12.7 Å². The van der Waals surface area contributed by atoms with Gasteiger partial charge in [0, 0.05) is 11.3 Å². The molecule has 3 N–H and O–H groups in total. The number of hydrogen-bond donors (Lipinski definition) is 3. The van der Waals surface area contributed by atoms with E-state index in [4.69, 9.17) is 17.0 Å². The average molecular weight is 389 g/mol. The number of morpholine rings is 1. The molecule has 3 rings (SSSR count). The average Bonchev–Trinajstić information content (AvgIpc) is 2.66. The maximum atomic E-state index is 13.8. The molecule has 2 aromatic carbocycles. The summed E-state index contributed by atoms with van der Waals surface area (Å²) in [6.07, 6.45) is 0. The van der Waals surface area contributed by atoms with Crippen molar-refractivity contribution in [1.82, 2.24) is 5.32 Å². The molecule has 0 radical (unpaired) electrons. The first-order valence-electron chi connectivity index (χ1n) is 9.35. The monoisotopic (exact) mass is 388 g/mol. The fourth-order valence-electron chi connectivity index (χ4n) is 3.61. The summed E-state index contributed by atoms with van der Waals surface area (Å²) in [4.78, 5) is 1.48. The molecule has 0 aliphatic carbocycles. The fraction of sp³-hybridized carbons (Fsp3) is 0.381. The van der Waals surface area contributed by atoms with Crippen LogP contribution >= 0.6 is 12.2 Å². The molecule has 2 aromatic rings. The van der Waals surface area contributed by atoms with Crippen molar-refractivity contribution >= 4 is 23.0 Å². The topological polar surface area (TPSA) is 37.7 Å². The molecule has 0 spiro atoms. The van der Waals surface area contributed by atoms with Gasteiger partial charge in [0.05, 0.1) is 19.3 Å². The van der Waals surface area contributed by atoms with Gasteiger partial charge in [0.1, 0.15) is 24.9 Å². The Hall–Kier alpha value is -2.02. The lowest BCUT2D eigenvalue weighted by Crippen LogP contribution is -3.15. The minimum atomic E-state index is -0.240. The highest BCUT2D eigenvalue weighted by atomic mass is 32.1. The van der Waals surface area contributed by atoms with Gasteiger partial charge in [0.2, 0.25) is 0 Å². The molecule has 1 aliphatic heterocycles. The summed E-state index contributed by atoms with van der Waals surface area (Å²) >= 11 is 5.48. The van der Waals surface area contributed by atoms with E-state index in [1.807, 2.05) is 12.1 Å². The molecule has 0 bridgehead atoms. The van der Waals surface area contributed by atoms with Gasteiger partial charge in [-0.1, -0.05) is 36.4 Å². The third-order valence-corrected chi connectivity index (χ3v) is 5.24. The molecule has 27 heavy (non-hydrogen) atoms. The summed E-state index contributed by atoms with van der Waals surface area (Å²) in [5, 5.41) is 6.99. The zero-order valence-electron chi connectivity index (χ0n) is 15.8. The van der Waals surface area contributed by atoms with Crippen molar-refractivity contribution in [3.8, 4) is 0 Å². The zero-order chi connectivity index (χ0) is 19.2. The molecule has 0 amide bonds. The predicted octanol–water partition coefficient (Wildman–Crippen LogP) is 2.47. The van der Waals surface area contributed by atoms with Gasteiger partial charge in [-0.3, -0.25) is 0 Å². The summed E-state index contributed by atoms with van der Waals surface area (Å²) in [6.45, 7) is 7.37. The molecule has 1 fully saturated rings. The summed E-state index contributed by atoms with van der Waals surface area (Å²) in [5.41, 5.74) is 2.55. The molecule has 4 nitrogen and oxygen atoms in total. The number of rotatable bonds is 5. The summed E-state index contributed by atoms with van der Waals surface area (Å²) in [5.74, 6) is -0.240. The highest BCUT2D eigenvalue weighted by Crippen LogP contribution is 2.16. The molecular weight excluding hydrogens is 361 g/mol. The van der Waals surface area contributed by atoms with E-state index >= 15 is 0 Å². The normalized spacial score (nSPS) is 17.1. The van der Waals surface area contributed by atoms with E-state index in [0.717, 1.165) is 26.3 Å². The molecule has 2 atom stereocenters. The SMILES string of the molecule is Cc1ccc(NC(=S)N[C@H](C)[C@H](c2ccccc2)[NH+]2CCOCC2)cc1F. The Morgan fingerprint density at radius 1 is 1.15 bits per heavy atom. The van der Waals surface area contributed by atoms with Crippen molar-refractivity contribution < 1.29 is 14.0 Å². The Labute approximate surface area is 165 Å². The van der Waals surface area contributed by atoms with Crippen LogP contribution in [0.3, 0.4) is 0 Å². The maximum absolute atomic E-state index is 13.8. The third kappa shape index (κ3) is 5.25. The summed E-state index contributed by atoms with van der Waals surface area (Å²) in [7, 11) is 0. The third-order valence-electron chi connectivity index (χ3n) is 5.02. The molecule has 144 valence electrons. The van der Waals surface area contributed by atoms with Crippen molar-refractivity contribution in [3.63, 3.8) is 0 Å². The molecule has 6 heteroatoms. The predicted molar refractivity (Wildman–Crippen MR) is 111 cm³/mol. The Morgan fingerprint density at radius 2 is 1.85 bits per heavy atom. The number of benzene rings is 2. The van der Waals surface area contributed by atoms with Crippen molar-refractivity contribution in [2.45, 2.75) is 25.9 Å². The second kappa shape index (κ2) is 9.26. The van der Waals surface area contributed by atoms with Crippen molar-refractivity contribution in [1.29, 1.82) is 0 Å². The molecule has 1 heterocycles. The van der Waals surface area contributed by atoms with E-state index in [2.05, 4.69) is 41.8 Å².